The maximum absolute atomic E-state index is 6.13. The van der Waals surface area contributed by atoms with Crippen molar-refractivity contribution in [1.29, 1.82) is 0 Å². The summed E-state index contributed by atoms with van der Waals surface area (Å²) in [6, 6.07) is 5.99. The van der Waals surface area contributed by atoms with Crippen LogP contribution in [0.3, 0.4) is 0 Å². The van der Waals surface area contributed by atoms with Gasteiger partial charge in [-0.25, -0.2) is 0 Å². The van der Waals surface area contributed by atoms with Crippen molar-refractivity contribution in [1.82, 2.24) is 4.98 Å². The third-order valence-electron chi connectivity index (χ3n) is 2.37. The molecule has 2 N–H and O–H groups in total. The number of aryl methyl sites for hydroxylation is 1. The number of hydrogen-bond acceptors (Lipinski definition) is 3. The highest BCUT2D eigenvalue weighted by atomic mass is 35.5. The van der Waals surface area contributed by atoms with Crippen LogP contribution in [0, 0.1) is 6.92 Å². The van der Waals surface area contributed by atoms with E-state index in [2.05, 4.69) is 11.1 Å². The van der Waals surface area contributed by atoms with Gasteiger partial charge in [0.1, 0.15) is 0 Å². The first-order valence-electron chi connectivity index (χ1n) is 5.06. The van der Waals surface area contributed by atoms with Gasteiger partial charge in [0, 0.05) is 29.7 Å². The second-order valence-electron chi connectivity index (χ2n) is 3.81. The van der Waals surface area contributed by atoms with Gasteiger partial charge in [0.2, 0.25) is 0 Å². The summed E-state index contributed by atoms with van der Waals surface area (Å²) in [7, 11) is 0. The Morgan fingerprint density at radius 1 is 1.44 bits per heavy atom. The van der Waals surface area contributed by atoms with Crippen LogP contribution >= 0.6 is 22.9 Å². The topological polar surface area (TPSA) is 38.9 Å². The molecule has 0 aliphatic carbocycles. The van der Waals surface area contributed by atoms with Crippen LogP contribution in [0.2, 0.25) is 4.34 Å². The Morgan fingerprint density at radius 2 is 2.25 bits per heavy atom. The Balaban J connectivity index is 2.11. The predicted molar refractivity (Wildman–Crippen MR) is 68.9 cm³/mol. The van der Waals surface area contributed by atoms with Gasteiger partial charge in [-0.1, -0.05) is 17.7 Å². The molecule has 1 unspecified atom stereocenters. The lowest BCUT2D eigenvalue weighted by atomic mass is 10.0. The summed E-state index contributed by atoms with van der Waals surface area (Å²) in [4.78, 5) is 5.36. The molecule has 0 amide bonds. The molecule has 2 nitrogen and oxygen atoms in total. The van der Waals surface area contributed by atoms with E-state index >= 15 is 0 Å². The first-order valence-corrected chi connectivity index (χ1v) is 6.26. The van der Waals surface area contributed by atoms with Gasteiger partial charge in [-0.05, 0) is 30.2 Å². The van der Waals surface area contributed by atoms with Gasteiger partial charge in [0.25, 0.3) is 0 Å². The first kappa shape index (κ1) is 11.6. The maximum Gasteiger partial charge on any atom is 0.0931 e. The summed E-state index contributed by atoms with van der Waals surface area (Å²) < 4.78 is 0.810. The van der Waals surface area contributed by atoms with E-state index in [9.17, 15) is 0 Å². The lowest BCUT2D eigenvalue weighted by molar-refractivity contribution is 0.725. The number of hydrogen-bond donors (Lipinski definition) is 1. The molecule has 4 heteroatoms. The first-order chi connectivity index (χ1) is 7.65. The third kappa shape index (κ3) is 2.82. The van der Waals surface area contributed by atoms with Crippen LogP contribution in [0.1, 0.15) is 22.0 Å². The lowest BCUT2D eigenvalue weighted by Gasteiger charge is -2.10. The molecular formula is C12H13ClN2S. The molecule has 0 saturated heterocycles. The number of rotatable bonds is 3. The minimum Gasteiger partial charge on any atom is -0.324 e. The Kier molecular flexibility index (Phi) is 3.59. The predicted octanol–water partition coefficient (Wildman–Crippen LogP) is 3.35. The van der Waals surface area contributed by atoms with E-state index in [1.54, 1.807) is 11.3 Å². The monoisotopic (exact) mass is 252 g/mol. The van der Waals surface area contributed by atoms with Gasteiger partial charge in [0.05, 0.1) is 4.34 Å². The molecule has 0 bridgehead atoms. The van der Waals surface area contributed by atoms with Crippen molar-refractivity contribution in [2.24, 2.45) is 5.73 Å². The normalized spacial score (nSPS) is 12.7. The minimum atomic E-state index is -0.0119. The summed E-state index contributed by atoms with van der Waals surface area (Å²) in [5.41, 5.74) is 8.34. The number of nitrogens with zero attached hydrogens (tertiary/aromatic N) is 1. The van der Waals surface area contributed by atoms with Crippen molar-refractivity contribution in [3.63, 3.8) is 0 Å². The van der Waals surface area contributed by atoms with E-state index in [0.29, 0.717) is 0 Å². The Bertz CT molecular complexity index is 481. The van der Waals surface area contributed by atoms with Crippen LogP contribution in [-0.2, 0) is 6.42 Å². The van der Waals surface area contributed by atoms with Crippen LogP contribution in [0.4, 0.5) is 0 Å². The fraction of sp³-hybridized carbons (Fsp3) is 0.250. The maximum atomic E-state index is 6.13. The Hall–Kier alpha value is -0.900. The van der Waals surface area contributed by atoms with Crippen LogP contribution in [0.15, 0.2) is 30.6 Å². The molecule has 0 aliphatic heterocycles. The van der Waals surface area contributed by atoms with Gasteiger partial charge in [-0.3, -0.25) is 4.98 Å². The molecule has 0 radical (unpaired) electrons. The molecule has 2 rings (SSSR count). The van der Waals surface area contributed by atoms with Crippen LogP contribution in [0.25, 0.3) is 0 Å². The van der Waals surface area contributed by atoms with Crippen molar-refractivity contribution in [3.8, 4) is 0 Å². The molecule has 0 spiro atoms. The fourth-order valence-electron chi connectivity index (χ4n) is 1.58. The van der Waals surface area contributed by atoms with Gasteiger partial charge >= 0.3 is 0 Å². The molecule has 0 aliphatic rings. The van der Waals surface area contributed by atoms with Gasteiger partial charge in [-0.2, -0.15) is 0 Å². The quantitative estimate of drug-likeness (QED) is 0.910. The lowest BCUT2D eigenvalue weighted by Crippen LogP contribution is -2.13. The van der Waals surface area contributed by atoms with Crippen LogP contribution < -0.4 is 5.73 Å². The van der Waals surface area contributed by atoms with Gasteiger partial charge < -0.3 is 5.73 Å². The molecule has 2 heterocycles. The van der Waals surface area contributed by atoms with Crippen molar-refractivity contribution in [3.05, 3.63) is 50.9 Å². The Labute approximate surface area is 104 Å². The van der Waals surface area contributed by atoms with Crippen LogP contribution in [-0.4, -0.2) is 4.98 Å². The van der Waals surface area contributed by atoms with E-state index in [1.165, 1.54) is 4.88 Å². The van der Waals surface area contributed by atoms with Crippen molar-refractivity contribution in [2.45, 2.75) is 19.4 Å². The van der Waals surface area contributed by atoms with Crippen molar-refractivity contribution in [2.75, 3.05) is 0 Å². The van der Waals surface area contributed by atoms with E-state index in [1.807, 2.05) is 31.5 Å². The number of nitrogens with two attached hydrogens (primary N) is 1. The largest absolute Gasteiger partial charge is 0.324 e. The van der Waals surface area contributed by atoms with E-state index in [4.69, 9.17) is 17.3 Å². The smallest absolute Gasteiger partial charge is 0.0931 e. The fourth-order valence-corrected chi connectivity index (χ4v) is 2.72. The number of halogens is 1. The minimum absolute atomic E-state index is 0.0119. The highest BCUT2D eigenvalue weighted by Gasteiger charge is 2.09. The second kappa shape index (κ2) is 4.95. The van der Waals surface area contributed by atoms with E-state index < -0.39 is 0 Å². The summed E-state index contributed by atoms with van der Waals surface area (Å²) in [6.45, 7) is 2.02. The number of thiophene rings is 1. The molecule has 0 fully saturated rings. The molecular weight excluding hydrogens is 240 g/mol. The van der Waals surface area contributed by atoms with Crippen molar-refractivity contribution >= 4 is 22.9 Å². The number of aromatic nitrogens is 1. The summed E-state index contributed by atoms with van der Waals surface area (Å²) >= 11 is 7.46. The SMILES string of the molecule is Cc1cncc(C(N)Cc2ccc(Cl)s2)c1. The molecule has 2 aromatic heterocycles. The summed E-state index contributed by atoms with van der Waals surface area (Å²) in [5, 5.41) is 0. The second-order valence-corrected chi connectivity index (χ2v) is 5.61. The Morgan fingerprint density at radius 3 is 2.88 bits per heavy atom. The number of pyridine rings is 1. The molecule has 0 aromatic carbocycles. The average molecular weight is 253 g/mol. The molecule has 2 aromatic rings. The highest BCUT2D eigenvalue weighted by Crippen LogP contribution is 2.25. The van der Waals surface area contributed by atoms with Gasteiger partial charge in [-0.15, -0.1) is 11.3 Å². The molecule has 84 valence electrons. The van der Waals surface area contributed by atoms with Crippen molar-refractivity contribution < 1.29 is 0 Å². The van der Waals surface area contributed by atoms with Gasteiger partial charge in [0.15, 0.2) is 0 Å². The zero-order chi connectivity index (χ0) is 11.5. The van der Waals surface area contributed by atoms with E-state index in [0.717, 1.165) is 21.9 Å². The summed E-state index contributed by atoms with van der Waals surface area (Å²) in [6.07, 6.45) is 4.47. The standard InChI is InChI=1S/C12H13ClN2S/c1-8-4-9(7-15-6-8)11(14)5-10-2-3-12(13)16-10/h2-4,6-7,11H,5,14H2,1H3. The third-order valence-corrected chi connectivity index (χ3v) is 3.63. The zero-order valence-electron chi connectivity index (χ0n) is 8.98. The highest BCUT2D eigenvalue weighted by molar-refractivity contribution is 7.16. The molecule has 16 heavy (non-hydrogen) atoms. The average Bonchev–Trinajstić information content (AvgIpc) is 2.64. The molecule has 0 saturated carbocycles. The van der Waals surface area contributed by atoms with E-state index in [-0.39, 0.29) is 6.04 Å². The van der Waals surface area contributed by atoms with Crippen LogP contribution in [0.5, 0.6) is 0 Å². The zero-order valence-corrected chi connectivity index (χ0v) is 10.6. The summed E-state index contributed by atoms with van der Waals surface area (Å²) in [5.74, 6) is 0. The molecule has 1 atom stereocenters.